The third kappa shape index (κ3) is 12.7. The van der Waals surface area contributed by atoms with E-state index in [1.807, 2.05) is 63.3 Å². The molecule has 0 unspecified atom stereocenters. The van der Waals surface area contributed by atoms with E-state index >= 15 is 0 Å². The number of hydrogen-bond acceptors (Lipinski definition) is 10. The molecule has 0 aliphatic heterocycles. The smallest absolute Gasteiger partial charge is 0.229 e. The van der Waals surface area contributed by atoms with E-state index in [-0.39, 0.29) is 0 Å². The standard InChI is InChI=1S/2C8H15N3.2C8H14N2O/c1-6(2)8-5-11(7(3)4)10-9-8;1-6(2)8-5-9-10-11(8)7(3)4;1-5(2)7-9-10-8(11-7)6(3)4;1-5(2)7-9-8(6(3)4)11-10-7/h2*5-7H,1-4H3;2*5-6H,1-4H3. The van der Waals surface area contributed by atoms with Crippen molar-refractivity contribution in [2.45, 2.75) is 158 Å². The molecule has 0 aromatic carbocycles. The lowest BCUT2D eigenvalue weighted by Gasteiger charge is -2.10. The zero-order chi connectivity index (χ0) is 33.7. The minimum Gasteiger partial charge on any atom is -0.425 e. The number of hydrogen-bond donors (Lipinski definition) is 0. The molecule has 44 heavy (non-hydrogen) atoms. The molecule has 0 aliphatic rings. The number of nitrogens with zero attached hydrogens (tertiary/aromatic N) is 10. The number of rotatable bonds is 8. The summed E-state index contributed by atoms with van der Waals surface area (Å²) in [6.07, 6.45) is 3.85. The van der Waals surface area contributed by atoms with Crippen molar-refractivity contribution in [1.29, 1.82) is 0 Å². The zero-order valence-corrected chi connectivity index (χ0v) is 30.1. The highest BCUT2D eigenvalue weighted by Gasteiger charge is 2.13. The minimum absolute atomic E-state index is 0.329. The van der Waals surface area contributed by atoms with Crippen LogP contribution >= 0.6 is 0 Å². The molecular formula is C32H58N10O2. The van der Waals surface area contributed by atoms with E-state index in [1.165, 1.54) is 5.69 Å². The molecular weight excluding hydrogens is 556 g/mol. The van der Waals surface area contributed by atoms with Crippen LogP contribution in [-0.4, -0.2) is 50.3 Å². The number of aromatic nitrogens is 10. The van der Waals surface area contributed by atoms with Gasteiger partial charge in [-0.15, -0.1) is 20.4 Å². The Hall–Kier alpha value is -3.44. The first-order valence-electron chi connectivity index (χ1n) is 15.9. The van der Waals surface area contributed by atoms with Crippen molar-refractivity contribution in [1.82, 2.24) is 50.3 Å². The van der Waals surface area contributed by atoms with Gasteiger partial charge in [-0.3, -0.25) is 0 Å². The van der Waals surface area contributed by atoms with Gasteiger partial charge in [0.2, 0.25) is 17.7 Å². The summed E-state index contributed by atoms with van der Waals surface area (Å²) in [4.78, 5) is 4.23. The fraction of sp³-hybridized carbons (Fsp3) is 0.750. The monoisotopic (exact) mass is 614 g/mol. The van der Waals surface area contributed by atoms with Gasteiger partial charge in [-0.1, -0.05) is 98.7 Å². The van der Waals surface area contributed by atoms with Crippen LogP contribution in [-0.2, 0) is 0 Å². The highest BCUT2D eigenvalue weighted by molar-refractivity contribution is 5.01. The Bertz CT molecular complexity index is 1100. The third-order valence-electron chi connectivity index (χ3n) is 6.24. The van der Waals surface area contributed by atoms with Crippen LogP contribution in [0.2, 0.25) is 0 Å². The average molecular weight is 615 g/mol. The summed E-state index contributed by atoms with van der Waals surface area (Å²) < 4.78 is 14.3. The van der Waals surface area contributed by atoms with Crippen molar-refractivity contribution in [2.24, 2.45) is 0 Å². The molecule has 4 aromatic heterocycles. The Kier molecular flexibility index (Phi) is 16.1. The first kappa shape index (κ1) is 38.6. The van der Waals surface area contributed by atoms with E-state index in [4.69, 9.17) is 8.94 Å². The van der Waals surface area contributed by atoms with E-state index in [0.29, 0.717) is 47.6 Å². The van der Waals surface area contributed by atoms with E-state index in [0.717, 1.165) is 29.2 Å². The van der Waals surface area contributed by atoms with Crippen LogP contribution in [0.5, 0.6) is 0 Å². The van der Waals surface area contributed by atoms with Crippen molar-refractivity contribution < 1.29 is 8.94 Å². The summed E-state index contributed by atoms with van der Waals surface area (Å²) in [5.74, 6) is 5.31. The SMILES string of the molecule is CC(C)c1cn(C(C)C)nn1.CC(C)c1cnnn1C(C)C.CC(C)c1nnc(C(C)C)o1.CC(C)c1noc(C(C)C)n1. The molecule has 0 atom stereocenters. The van der Waals surface area contributed by atoms with Gasteiger partial charge in [0.15, 0.2) is 5.82 Å². The second kappa shape index (κ2) is 18.4. The van der Waals surface area contributed by atoms with Crippen molar-refractivity contribution >= 4 is 0 Å². The Morgan fingerprint density at radius 1 is 0.568 bits per heavy atom. The van der Waals surface area contributed by atoms with E-state index in [2.05, 4.69) is 110 Å². The highest BCUT2D eigenvalue weighted by Crippen LogP contribution is 2.18. The molecule has 0 fully saturated rings. The molecule has 0 saturated heterocycles. The van der Waals surface area contributed by atoms with Gasteiger partial charge in [0.25, 0.3) is 0 Å². The Balaban J connectivity index is 0.000000293. The summed E-state index contributed by atoms with van der Waals surface area (Å²) in [6, 6.07) is 0.824. The van der Waals surface area contributed by atoms with Crippen molar-refractivity contribution in [3.05, 3.63) is 47.3 Å². The summed E-state index contributed by atoms with van der Waals surface area (Å²) in [5.41, 5.74) is 2.28. The molecule has 0 spiro atoms. The lowest BCUT2D eigenvalue weighted by molar-refractivity contribution is 0.359. The van der Waals surface area contributed by atoms with Gasteiger partial charge in [-0.25, -0.2) is 9.36 Å². The fourth-order valence-electron chi connectivity index (χ4n) is 3.30. The first-order valence-corrected chi connectivity index (χ1v) is 15.9. The van der Waals surface area contributed by atoms with Crippen LogP contribution in [0.15, 0.2) is 21.3 Å². The molecule has 248 valence electrons. The highest BCUT2D eigenvalue weighted by atomic mass is 16.5. The maximum absolute atomic E-state index is 5.38. The van der Waals surface area contributed by atoms with Crippen LogP contribution in [0.1, 0.15) is 193 Å². The normalized spacial score (nSPS) is 11.5. The van der Waals surface area contributed by atoms with E-state index < -0.39 is 0 Å². The predicted molar refractivity (Wildman–Crippen MR) is 174 cm³/mol. The van der Waals surface area contributed by atoms with Gasteiger partial charge in [0.1, 0.15) is 0 Å². The third-order valence-corrected chi connectivity index (χ3v) is 6.24. The Labute approximate surface area is 264 Å². The van der Waals surface area contributed by atoms with Crippen molar-refractivity contribution in [3.63, 3.8) is 0 Å². The molecule has 0 aliphatic carbocycles. The second-order valence-electron chi connectivity index (χ2n) is 13.3. The molecule has 0 bridgehead atoms. The average Bonchev–Trinajstić information content (AvgIpc) is 3.76. The first-order chi connectivity index (χ1) is 20.5. The maximum Gasteiger partial charge on any atom is 0.229 e. The van der Waals surface area contributed by atoms with Crippen LogP contribution < -0.4 is 0 Å². The predicted octanol–water partition coefficient (Wildman–Crippen LogP) is 8.60. The van der Waals surface area contributed by atoms with Gasteiger partial charge < -0.3 is 8.94 Å². The van der Waals surface area contributed by atoms with E-state index in [1.54, 1.807) is 0 Å². The quantitative estimate of drug-likeness (QED) is 0.189. The van der Waals surface area contributed by atoms with Crippen molar-refractivity contribution in [2.75, 3.05) is 0 Å². The largest absolute Gasteiger partial charge is 0.425 e. The van der Waals surface area contributed by atoms with Gasteiger partial charge >= 0.3 is 0 Å². The molecule has 4 rings (SSSR count). The lowest BCUT2D eigenvalue weighted by Crippen LogP contribution is -2.08. The Morgan fingerprint density at radius 2 is 1.11 bits per heavy atom. The maximum atomic E-state index is 5.38. The Morgan fingerprint density at radius 3 is 1.39 bits per heavy atom. The molecule has 0 N–H and O–H groups in total. The lowest BCUT2D eigenvalue weighted by atomic mass is 10.1. The summed E-state index contributed by atoms with van der Waals surface area (Å²) in [5, 5.41) is 27.6. The molecule has 12 nitrogen and oxygen atoms in total. The molecule has 4 aromatic rings. The van der Waals surface area contributed by atoms with Crippen LogP contribution in [0.4, 0.5) is 0 Å². The molecule has 0 amide bonds. The summed E-state index contributed by atoms with van der Waals surface area (Å²) in [6.45, 7) is 33.3. The zero-order valence-electron chi connectivity index (χ0n) is 30.1. The van der Waals surface area contributed by atoms with Crippen LogP contribution in [0.3, 0.4) is 0 Å². The summed E-state index contributed by atoms with van der Waals surface area (Å²) in [7, 11) is 0. The van der Waals surface area contributed by atoms with Crippen LogP contribution in [0, 0.1) is 0 Å². The van der Waals surface area contributed by atoms with E-state index in [9.17, 15) is 0 Å². The molecule has 4 heterocycles. The second-order valence-corrected chi connectivity index (χ2v) is 13.3. The molecule has 0 radical (unpaired) electrons. The van der Waals surface area contributed by atoms with Crippen molar-refractivity contribution in [3.8, 4) is 0 Å². The van der Waals surface area contributed by atoms with Gasteiger partial charge in [0, 0.05) is 42.0 Å². The van der Waals surface area contributed by atoms with Gasteiger partial charge in [0.05, 0.1) is 17.6 Å². The van der Waals surface area contributed by atoms with Gasteiger partial charge in [-0.05, 0) is 39.5 Å². The molecule has 0 saturated carbocycles. The van der Waals surface area contributed by atoms with Gasteiger partial charge in [-0.2, -0.15) is 4.98 Å². The van der Waals surface area contributed by atoms with Crippen LogP contribution in [0.25, 0.3) is 0 Å². The fourth-order valence-corrected chi connectivity index (χ4v) is 3.30. The topological polar surface area (TPSA) is 139 Å². The molecule has 12 heteroatoms. The summed E-state index contributed by atoms with van der Waals surface area (Å²) >= 11 is 0. The minimum atomic E-state index is 0.329.